The molecule has 17 heavy (non-hydrogen) atoms. The Kier molecular flexibility index (Phi) is 3.79. The van der Waals surface area contributed by atoms with Crippen molar-refractivity contribution in [3.05, 3.63) is 35.4 Å². The molecule has 0 heterocycles. The Morgan fingerprint density at radius 3 is 2.88 bits per heavy atom. The Morgan fingerprint density at radius 1 is 1.53 bits per heavy atom. The molecule has 0 radical (unpaired) electrons. The van der Waals surface area contributed by atoms with Gasteiger partial charge in [-0.2, -0.15) is 0 Å². The molecule has 0 spiro atoms. The van der Waals surface area contributed by atoms with Crippen LogP contribution in [0.25, 0.3) is 0 Å². The molecule has 2 N–H and O–H groups in total. The van der Waals surface area contributed by atoms with E-state index in [1.807, 2.05) is 0 Å². The number of hydrogen-bond acceptors (Lipinski definition) is 2. The fourth-order valence-corrected chi connectivity index (χ4v) is 2.74. The van der Waals surface area contributed by atoms with Crippen LogP contribution in [0.1, 0.15) is 30.4 Å². The van der Waals surface area contributed by atoms with E-state index in [0.717, 1.165) is 13.0 Å². The van der Waals surface area contributed by atoms with Gasteiger partial charge in [0.1, 0.15) is 0 Å². The lowest BCUT2D eigenvalue weighted by Gasteiger charge is -2.35. The number of nitrogens with two attached hydrogens (primary N) is 1. The largest absolute Gasteiger partial charge is 0.393 e. The zero-order valence-corrected chi connectivity index (χ0v) is 11.3. The summed E-state index contributed by atoms with van der Waals surface area (Å²) in [7, 11) is 2.16. The number of hydrogen-bond donors (Lipinski definition) is 1. The predicted molar refractivity (Wildman–Crippen MR) is 76.4 cm³/mol. The first-order chi connectivity index (χ1) is 8.08. The number of fused-ring (bicyclic) bond motifs is 1. The molecule has 0 aromatic heterocycles. The molecule has 3 heteroatoms. The molecule has 0 saturated carbocycles. The van der Waals surface area contributed by atoms with Crippen LogP contribution in [-0.4, -0.2) is 29.5 Å². The fraction of sp³-hybridized carbons (Fsp3) is 0.500. The van der Waals surface area contributed by atoms with Crippen LogP contribution in [0.3, 0.4) is 0 Å². The number of nitrogens with zero attached hydrogens (tertiary/aromatic N) is 1. The average molecular weight is 248 g/mol. The van der Waals surface area contributed by atoms with Gasteiger partial charge < -0.3 is 10.6 Å². The number of thiocarbonyl (C=S) groups is 1. The third-order valence-electron chi connectivity index (χ3n) is 3.72. The van der Waals surface area contributed by atoms with Crippen molar-refractivity contribution < 1.29 is 0 Å². The van der Waals surface area contributed by atoms with E-state index in [1.54, 1.807) is 0 Å². The summed E-state index contributed by atoms with van der Waals surface area (Å²) >= 11 is 4.96. The maximum atomic E-state index is 5.59. The van der Waals surface area contributed by atoms with E-state index in [4.69, 9.17) is 18.0 Å². The molecule has 0 aliphatic heterocycles. The Bertz CT molecular complexity index is 416. The van der Waals surface area contributed by atoms with Crippen molar-refractivity contribution in [2.45, 2.75) is 31.7 Å². The summed E-state index contributed by atoms with van der Waals surface area (Å²) in [6.07, 6.45) is 2.01. The van der Waals surface area contributed by atoms with Gasteiger partial charge in [0, 0.05) is 24.9 Å². The van der Waals surface area contributed by atoms with Crippen molar-refractivity contribution in [1.29, 1.82) is 0 Å². The van der Waals surface area contributed by atoms with E-state index in [0.29, 0.717) is 16.9 Å². The molecule has 2 unspecified atom stereocenters. The van der Waals surface area contributed by atoms with Crippen LogP contribution in [-0.2, 0) is 6.42 Å². The van der Waals surface area contributed by atoms with E-state index in [-0.39, 0.29) is 0 Å². The van der Waals surface area contributed by atoms with Crippen LogP contribution in [0.5, 0.6) is 0 Å². The Morgan fingerprint density at radius 2 is 2.24 bits per heavy atom. The first kappa shape index (κ1) is 12.5. The summed E-state index contributed by atoms with van der Waals surface area (Å²) in [6, 6.07) is 9.15. The second kappa shape index (κ2) is 5.15. The highest BCUT2D eigenvalue weighted by atomic mass is 32.1. The molecule has 1 aliphatic rings. The van der Waals surface area contributed by atoms with Gasteiger partial charge in [0.05, 0.1) is 4.99 Å². The molecule has 2 nitrogen and oxygen atoms in total. The van der Waals surface area contributed by atoms with Crippen molar-refractivity contribution >= 4 is 17.2 Å². The molecule has 92 valence electrons. The minimum absolute atomic E-state index is 0.431. The summed E-state index contributed by atoms with van der Waals surface area (Å²) in [6.45, 7) is 3.28. The van der Waals surface area contributed by atoms with E-state index in [1.165, 1.54) is 17.5 Å². The van der Waals surface area contributed by atoms with Gasteiger partial charge in [-0.05, 0) is 31.5 Å². The normalized spacial score (nSPS) is 19.6. The van der Waals surface area contributed by atoms with Crippen molar-refractivity contribution in [3.63, 3.8) is 0 Å². The summed E-state index contributed by atoms with van der Waals surface area (Å²) < 4.78 is 0. The van der Waals surface area contributed by atoms with Crippen molar-refractivity contribution in [1.82, 2.24) is 4.90 Å². The second-order valence-corrected chi connectivity index (χ2v) is 5.58. The molecule has 2 rings (SSSR count). The Labute approximate surface area is 109 Å². The van der Waals surface area contributed by atoms with Crippen molar-refractivity contribution in [2.24, 2.45) is 5.73 Å². The van der Waals surface area contributed by atoms with Gasteiger partial charge in [0.15, 0.2) is 0 Å². The van der Waals surface area contributed by atoms with Gasteiger partial charge in [-0.1, -0.05) is 36.5 Å². The third-order valence-corrected chi connectivity index (χ3v) is 3.89. The highest BCUT2D eigenvalue weighted by molar-refractivity contribution is 7.80. The number of rotatable bonds is 5. The van der Waals surface area contributed by atoms with Crippen LogP contribution in [0.2, 0.25) is 0 Å². The Hall–Kier alpha value is -0.930. The third kappa shape index (κ3) is 2.85. The first-order valence-electron chi connectivity index (χ1n) is 6.14. The molecular weight excluding hydrogens is 228 g/mol. The zero-order valence-electron chi connectivity index (χ0n) is 10.5. The van der Waals surface area contributed by atoms with Gasteiger partial charge in [-0.25, -0.2) is 0 Å². The smallest absolute Gasteiger partial charge is 0.0742 e. The summed E-state index contributed by atoms with van der Waals surface area (Å²) in [5.74, 6) is 0.685. The van der Waals surface area contributed by atoms with Gasteiger partial charge >= 0.3 is 0 Å². The molecule has 1 aliphatic carbocycles. The zero-order chi connectivity index (χ0) is 12.4. The van der Waals surface area contributed by atoms with Crippen LogP contribution in [0, 0.1) is 0 Å². The SMILES string of the molecule is CC(CC(N)=S)N(C)CC1Cc2ccccc21. The van der Waals surface area contributed by atoms with Gasteiger partial charge in [0.2, 0.25) is 0 Å². The lowest BCUT2D eigenvalue weighted by molar-refractivity contribution is 0.239. The van der Waals surface area contributed by atoms with E-state index in [9.17, 15) is 0 Å². The second-order valence-electron chi connectivity index (χ2n) is 5.06. The summed E-state index contributed by atoms with van der Waals surface area (Å²) in [4.78, 5) is 2.97. The molecule has 0 amide bonds. The Balaban J connectivity index is 1.89. The molecule has 0 saturated heterocycles. The maximum absolute atomic E-state index is 5.59. The van der Waals surface area contributed by atoms with Crippen LogP contribution < -0.4 is 5.73 Å². The minimum Gasteiger partial charge on any atom is -0.393 e. The number of likely N-dealkylation sites (N-methyl/N-ethyl adjacent to an activating group) is 1. The quantitative estimate of drug-likeness (QED) is 0.811. The van der Waals surface area contributed by atoms with Crippen LogP contribution in [0.4, 0.5) is 0 Å². The predicted octanol–water partition coefficient (Wildman–Crippen LogP) is 2.32. The van der Waals surface area contributed by atoms with E-state index < -0.39 is 0 Å². The van der Waals surface area contributed by atoms with Crippen LogP contribution in [0.15, 0.2) is 24.3 Å². The average Bonchev–Trinajstić information content (AvgIpc) is 2.24. The molecule has 1 aromatic rings. The standard InChI is InChI=1S/C14H20N2S/c1-10(7-14(15)17)16(2)9-12-8-11-5-3-4-6-13(11)12/h3-6,10,12H,7-9H2,1-2H3,(H2,15,17). The molecule has 0 bridgehead atoms. The maximum Gasteiger partial charge on any atom is 0.0742 e. The topological polar surface area (TPSA) is 29.3 Å². The van der Waals surface area contributed by atoms with Crippen molar-refractivity contribution in [3.8, 4) is 0 Å². The minimum atomic E-state index is 0.431. The molecular formula is C14H20N2S. The molecule has 0 fully saturated rings. The van der Waals surface area contributed by atoms with E-state index >= 15 is 0 Å². The summed E-state index contributed by atoms with van der Waals surface area (Å²) in [5.41, 5.74) is 8.61. The van der Waals surface area contributed by atoms with Gasteiger partial charge in [-0.15, -0.1) is 0 Å². The highest BCUT2D eigenvalue weighted by Gasteiger charge is 2.27. The van der Waals surface area contributed by atoms with Gasteiger partial charge in [-0.3, -0.25) is 0 Å². The number of benzene rings is 1. The van der Waals surface area contributed by atoms with Crippen LogP contribution >= 0.6 is 12.2 Å². The monoisotopic (exact) mass is 248 g/mol. The fourth-order valence-electron chi connectivity index (χ4n) is 2.50. The lowest BCUT2D eigenvalue weighted by atomic mass is 9.77. The molecule has 1 aromatic carbocycles. The molecule has 2 atom stereocenters. The van der Waals surface area contributed by atoms with E-state index in [2.05, 4.69) is 43.1 Å². The lowest BCUT2D eigenvalue weighted by Crippen LogP contribution is -2.38. The van der Waals surface area contributed by atoms with Crippen molar-refractivity contribution in [2.75, 3.05) is 13.6 Å². The van der Waals surface area contributed by atoms with Gasteiger partial charge in [0.25, 0.3) is 0 Å². The first-order valence-corrected chi connectivity index (χ1v) is 6.55. The summed E-state index contributed by atoms with van der Waals surface area (Å²) in [5, 5.41) is 0. The highest BCUT2D eigenvalue weighted by Crippen LogP contribution is 2.35.